The zero-order valence-electron chi connectivity index (χ0n) is 16.6. The van der Waals surface area contributed by atoms with E-state index in [4.69, 9.17) is 14.2 Å². The van der Waals surface area contributed by atoms with Gasteiger partial charge in [0.05, 0.1) is 7.11 Å². The third-order valence-electron chi connectivity index (χ3n) is 4.15. The minimum atomic E-state index is -0.274. The molecule has 0 aliphatic carbocycles. The first-order valence-electron chi connectivity index (χ1n) is 9.38. The van der Waals surface area contributed by atoms with E-state index < -0.39 is 0 Å². The van der Waals surface area contributed by atoms with E-state index in [1.807, 2.05) is 0 Å². The van der Waals surface area contributed by atoms with Crippen LogP contribution in [0, 0.1) is 0 Å². The third kappa shape index (κ3) is 5.36. The summed E-state index contributed by atoms with van der Waals surface area (Å²) in [7, 11) is 1.59. The highest BCUT2D eigenvalue weighted by atomic mass is 16.5. The van der Waals surface area contributed by atoms with Crippen LogP contribution in [0.3, 0.4) is 0 Å². The second-order valence-corrected chi connectivity index (χ2v) is 6.32. The zero-order valence-corrected chi connectivity index (χ0v) is 16.6. The normalized spacial score (nSPS) is 10.4. The number of aromatic nitrogens is 4. The summed E-state index contributed by atoms with van der Waals surface area (Å²) in [6.45, 7) is -0.108. The fraction of sp³-hybridized carbons (Fsp3) is 0.0909. The number of ether oxygens (including phenoxy) is 3. The number of benzene rings is 2. The largest absolute Gasteiger partial charge is 0.497 e. The summed E-state index contributed by atoms with van der Waals surface area (Å²) in [5, 5.41) is 15.0. The molecule has 4 aromatic rings. The maximum Gasteiger partial charge on any atom is 0.262 e. The number of nitrogens with one attached hydrogen (secondary N) is 1. The van der Waals surface area contributed by atoms with Crippen molar-refractivity contribution in [3.8, 4) is 28.9 Å². The summed E-state index contributed by atoms with van der Waals surface area (Å²) < 4.78 is 17.8. The highest BCUT2D eigenvalue weighted by molar-refractivity contribution is 5.91. The molecule has 2 aromatic carbocycles. The molecule has 9 nitrogen and oxygen atoms in total. The van der Waals surface area contributed by atoms with Crippen LogP contribution in [0.15, 0.2) is 79.1 Å². The lowest BCUT2D eigenvalue weighted by Gasteiger charge is -2.09. The lowest BCUT2D eigenvalue weighted by atomic mass is 10.3. The first-order chi connectivity index (χ1) is 15.2. The molecule has 0 saturated heterocycles. The number of hydrogen-bond donors (Lipinski definition) is 1. The molecule has 0 atom stereocenters. The number of rotatable bonds is 8. The molecule has 31 heavy (non-hydrogen) atoms. The van der Waals surface area contributed by atoms with Gasteiger partial charge in [-0.3, -0.25) is 4.79 Å². The summed E-state index contributed by atoms with van der Waals surface area (Å²) >= 11 is 0. The van der Waals surface area contributed by atoms with Gasteiger partial charge in [-0.15, -0.1) is 10.2 Å². The summed E-state index contributed by atoms with van der Waals surface area (Å²) in [6, 6.07) is 19.2. The molecule has 4 rings (SSSR count). The SMILES string of the molecule is COc1ccc(OCC(=O)Nc2ccc(Oc3ccc(-n4cccn4)nn3)cc2)cc1. The summed E-state index contributed by atoms with van der Waals surface area (Å²) in [4.78, 5) is 12.1. The summed E-state index contributed by atoms with van der Waals surface area (Å²) in [6.07, 6.45) is 3.44. The quantitative estimate of drug-likeness (QED) is 0.468. The van der Waals surface area contributed by atoms with Crippen molar-refractivity contribution in [3.63, 3.8) is 0 Å². The maximum atomic E-state index is 12.1. The molecule has 9 heteroatoms. The van der Waals surface area contributed by atoms with E-state index in [1.54, 1.807) is 90.9 Å². The van der Waals surface area contributed by atoms with Gasteiger partial charge >= 0.3 is 0 Å². The Morgan fingerprint density at radius 1 is 0.935 bits per heavy atom. The number of anilines is 1. The third-order valence-corrected chi connectivity index (χ3v) is 4.15. The minimum Gasteiger partial charge on any atom is -0.497 e. The molecule has 0 spiro atoms. The van der Waals surface area contributed by atoms with Crippen LogP contribution in [0.5, 0.6) is 23.1 Å². The Bertz CT molecular complexity index is 1110. The van der Waals surface area contributed by atoms with Gasteiger partial charge in [0, 0.05) is 24.1 Å². The molecule has 2 heterocycles. The van der Waals surface area contributed by atoms with Crippen LogP contribution < -0.4 is 19.5 Å². The Morgan fingerprint density at radius 2 is 1.68 bits per heavy atom. The fourth-order valence-corrected chi connectivity index (χ4v) is 2.64. The number of nitrogens with zero attached hydrogens (tertiary/aromatic N) is 4. The highest BCUT2D eigenvalue weighted by Crippen LogP contribution is 2.22. The van der Waals surface area contributed by atoms with Crippen molar-refractivity contribution in [2.75, 3.05) is 19.0 Å². The molecule has 1 N–H and O–H groups in total. The Kier molecular flexibility index (Phi) is 6.03. The zero-order chi connectivity index (χ0) is 21.5. The van der Waals surface area contributed by atoms with Crippen molar-refractivity contribution in [1.82, 2.24) is 20.0 Å². The molecule has 2 aromatic heterocycles. The molecule has 156 valence electrons. The van der Waals surface area contributed by atoms with Crippen molar-refractivity contribution in [1.29, 1.82) is 0 Å². The molecule has 0 bridgehead atoms. The molecule has 1 amide bonds. The standard InChI is InChI=1S/C22H19N5O4/c1-29-17-7-9-18(10-8-17)30-15-21(28)24-16-3-5-19(6-4-16)31-22-12-11-20(25-26-22)27-14-2-13-23-27/h2-14H,15H2,1H3,(H,24,28). The predicted molar refractivity (Wildman–Crippen MR) is 113 cm³/mol. The molecular formula is C22H19N5O4. The number of methoxy groups -OCH3 is 1. The van der Waals surface area contributed by atoms with E-state index in [-0.39, 0.29) is 12.5 Å². The van der Waals surface area contributed by atoms with Crippen LogP contribution in [0.1, 0.15) is 0 Å². The van der Waals surface area contributed by atoms with E-state index in [9.17, 15) is 4.79 Å². The maximum absolute atomic E-state index is 12.1. The fourth-order valence-electron chi connectivity index (χ4n) is 2.64. The predicted octanol–water partition coefficient (Wildman–Crippen LogP) is 3.48. The first-order valence-corrected chi connectivity index (χ1v) is 9.38. The highest BCUT2D eigenvalue weighted by Gasteiger charge is 2.06. The minimum absolute atomic E-state index is 0.108. The molecule has 0 radical (unpaired) electrons. The van der Waals surface area contributed by atoms with Crippen molar-refractivity contribution >= 4 is 11.6 Å². The first kappa shape index (κ1) is 19.9. The molecule has 0 aliphatic heterocycles. The van der Waals surface area contributed by atoms with Crippen molar-refractivity contribution in [3.05, 3.63) is 79.1 Å². The van der Waals surface area contributed by atoms with Crippen LogP contribution in [-0.2, 0) is 4.79 Å². The van der Waals surface area contributed by atoms with Gasteiger partial charge in [0.1, 0.15) is 17.2 Å². The molecule has 0 saturated carbocycles. The number of carbonyl (C=O) groups excluding carboxylic acids is 1. The summed E-state index contributed by atoms with van der Waals surface area (Å²) in [5.41, 5.74) is 0.621. The van der Waals surface area contributed by atoms with E-state index in [1.165, 1.54) is 0 Å². The van der Waals surface area contributed by atoms with Crippen LogP contribution in [0.4, 0.5) is 5.69 Å². The van der Waals surface area contributed by atoms with E-state index in [0.29, 0.717) is 28.9 Å². The smallest absolute Gasteiger partial charge is 0.262 e. The average Bonchev–Trinajstić information content (AvgIpc) is 3.35. The van der Waals surface area contributed by atoms with Crippen LogP contribution in [0.2, 0.25) is 0 Å². The van der Waals surface area contributed by atoms with Gasteiger partial charge in [0.25, 0.3) is 5.91 Å². The molecule has 0 unspecified atom stereocenters. The van der Waals surface area contributed by atoms with Gasteiger partial charge in [-0.2, -0.15) is 5.10 Å². The van der Waals surface area contributed by atoms with Gasteiger partial charge in [-0.05, 0) is 60.7 Å². The Hall–Kier alpha value is -4.40. The molecule has 0 aliphatic rings. The Labute approximate surface area is 178 Å². The Morgan fingerprint density at radius 3 is 2.32 bits per heavy atom. The van der Waals surface area contributed by atoms with E-state index >= 15 is 0 Å². The second kappa shape index (κ2) is 9.40. The second-order valence-electron chi connectivity index (χ2n) is 6.32. The van der Waals surface area contributed by atoms with Gasteiger partial charge in [0.2, 0.25) is 5.88 Å². The Balaban J connectivity index is 1.28. The summed E-state index contributed by atoms with van der Waals surface area (Å²) in [5.74, 6) is 2.53. The van der Waals surface area contributed by atoms with E-state index in [0.717, 1.165) is 5.75 Å². The van der Waals surface area contributed by atoms with Gasteiger partial charge in [-0.1, -0.05) is 0 Å². The lowest BCUT2D eigenvalue weighted by Crippen LogP contribution is -2.20. The monoisotopic (exact) mass is 417 g/mol. The number of hydrogen-bond acceptors (Lipinski definition) is 7. The van der Waals surface area contributed by atoms with Crippen molar-refractivity contribution in [2.45, 2.75) is 0 Å². The number of amides is 1. The van der Waals surface area contributed by atoms with Gasteiger partial charge in [0.15, 0.2) is 12.4 Å². The average molecular weight is 417 g/mol. The number of carbonyl (C=O) groups is 1. The van der Waals surface area contributed by atoms with Crippen LogP contribution in [-0.4, -0.2) is 39.6 Å². The molecule has 0 fully saturated rings. The van der Waals surface area contributed by atoms with Crippen molar-refractivity contribution in [2.24, 2.45) is 0 Å². The van der Waals surface area contributed by atoms with E-state index in [2.05, 4.69) is 20.6 Å². The molecular weight excluding hydrogens is 398 g/mol. The lowest BCUT2D eigenvalue weighted by molar-refractivity contribution is -0.118. The topological polar surface area (TPSA) is 100 Å². The van der Waals surface area contributed by atoms with Gasteiger partial charge in [-0.25, -0.2) is 4.68 Å². The van der Waals surface area contributed by atoms with Crippen molar-refractivity contribution < 1.29 is 19.0 Å². The van der Waals surface area contributed by atoms with Crippen LogP contribution in [0.25, 0.3) is 5.82 Å². The van der Waals surface area contributed by atoms with Crippen LogP contribution >= 0.6 is 0 Å². The van der Waals surface area contributed by atoms with Gasteiger partial charge < -0.3 is 19.5 Å².